The quantitative estimate of drug-likeness (QED) is 0.239. The van der Waals surface area contributed by atoms with Crippen LogP contribution in [0.5, 0.6) is 0 Å². The van der Waals surface area contributed by atoms with Crippen molar-refractivity contribution in [2.24, 2.45) is 5.92 Å². The van der Waals surface area contributed by atoms with E-state index in [0.717, 1.165) is 17.9 Å². The van der Waals surface area contributed by atoms with Crippen LogP contribution in [-0.2, 0) is 9.53 Å². The summed E-state index contributed by atoms with van der Waals surface area (Å²) >= 11 is 0. The predicted octanol–water partition coefficient (Wildman–Crippen LogP) is 5.60. The second-order valence-corrected chi connectivity index (χ2v) is 6.01. The fourth-order valence-corrected chi connectivity index (χ4v) is 2.02. The maximum absolute atomic E-state index is 11.4. The van der Waals surface area contributed by atoms with Gasteiger partial charge in [0.25, 0.3) is 0 Å². The first-order valence-electron chi connectivity index (χ1n) is 8.02. The van der Waals surface area contributed by atoms with E-state index in [1.807, 2.05) is 13.8 Å². The molecule has 21 heavy (non-hydrogen) atoms. The average Bonchev–Trinajstić information content (AvgIpc) is 2.38. The molecule has 0 saturated carbocycles. The van der Waals surface area contributed by atoms with E-state index in [1.54, 1.807) is 6.08 Å². The highest BCUT2D eigenvalue weighted by Gasteiger charge is 2.02. The molecule has 0 aromatic carbocycles. The Hall–Kier alpha value is -1.31. The second-order valence-electron chi connectivity index (χ2n) is 6.01. The van der Waals surface area contributed by atoms with Crippen LogP contribution < -0.4 is 0 Å². The first-order valence-corrected chi connectivity index (χ1v) is 8.02. The van der Waals surface area contributed by atoms with Gasteiger partial charge in [-0.25, -0.2) is 4.79 Å². The van der Waals surface area contributed by atoms with Crippen molar-refractivity contribution in [3.63, 3.8) is 0 Å². The summed E-state index contributed by atoms with van der Waals surface area (Å²) in [6.07, 6.45) is 10.8. The van der Waals surface area contributed by atoms with Crippen LogP contribution in [0.4, 0.5) is 0 Å². The van der Waals surface area contributed by atoms with Crippen LogP contribution in [-0.4, -0.2) is 12.6 Å². The summed E-state index contributed by atoms with van der Waals surface area (Å²) in [7, 11) is 0. The monoisotopic (exact) mass is 292 g/mol. The van der Waals surface area contributed by atoms with Crippen molar-refractivity contribution in [1.82, 2.24) is 0 Å². The molecule has 0 aliphatic rings. The number of rotatable bonds is 9. The normalized spacial score (nSPS) is 13.8. The number of carbonyl (C=O) groups is 1. The summed E-state index contributed by atoms with van der Waals surface area (Å²) in [5.41, 5.74) is 3.56. The highest BCUT2D eigenvalue weighted by molar-refractivity contribution is 5.83. The van der Waals surface area contributed by atoms with Crippen LogP contribution in [0, 0.1) is 5.92 Å². The Kier molecular flexibility index (Phi) is 10.7. The molecule has 2 nitrogen and oxygen atoms in total. The lowest BCUT2D eigenvalue weighted by molar-refractivity contribution is -0.137. The molecule has 0 bridgehead atoms. The summed E-state index contributed by atoms with van der Waals surface area (Å²) in [6, 6.07) is 0. The first kappa shape index (κ1) is 19.7. The van der Waals surface area contributed by atoms with E-state index in [4.69, 9.17) is 4.74 Å². The van der Waals surface area contributed by atoms with Crippen molar-refractivity contribution < 1.29 is 9.53 Å². The van der Waals surface area contributed by atoms with E-state index >= 15 is 0 Å². The van der Waals surface area contributed by atoms with Crippen molar-refractivity contribution in [3.05, 3.63) is 34.9 Å². The van der Waals surface area contributed by atoms with Crippen LogP contribution >= 0.6 is 0 Å². The zero-order chi connectivity index (χ0) is 16.3. The van der Waals surface area contributed by atoms with Crippen LogP contribution in [0.2, 0.25) is 0 Å². The Morgan fingerprint density at radius 1 is 1.00 bits per heavy atom. The van der Waals surface area contributed by atoms with Gasteiger partial charge in [-0.2, -0.15) is 0 Å². The standard InChI is InChI=1S/C19H32O2/c1-7-21-19(20)14-18(6)17(5)13-9-12-16(4)11-8-10-15(2)3/h10,13-14,16H,7-9,11-12H2,1-6H3/b17-13+,18-14+. The van der Waals surface area contributed by atoms with Crippen LogP contribution in [0.3, 0.4) is 0 Å². The molecule has 120 valence electrons. The van der Waals surface area contributed by atoms with E-state index in [9.17, 15) is 4.79 Å². The lowest BCUT2D eigenvalue weighted by Crippen LogP contribution is -2.00. The van der Waals surface area contributed by atoms with Gasteiger partial charge in [0.05, 0.1) is 6.61 Å². The number of carbonyl (C=O) groups excluding carboxylic acids is 1. The summed E-state index contributed by atoms with van der Waals surface area (Å²) in [5, 5.41) is 0. The molecule has 0 aliphatic carbocycles. The zero-order valence-electron chi connectivity index (χ0n) is 14.7. The molecule has 0 heterocycles. The SMILES string of the molecule is CCOC(=O)/C=C(C)/C(C)=C/CCC(C)CCC=C(C)C. The molecule has 0 aromatic rings. The van der Waals surface area contributed by atoms with Gasteiger partial charge in [0.1, 0.15) is 0 Å². The molecule has 0 rings (SSSR count). The molecule has 0 aromatic heterocycles. The highest BCUT2D eigenvalue weighted by Crippen LogP contribution is 2.16. The molecule has 0 radical (unpaired) electrons. The van der Waals surface area contributed by atoms with Gasteiger partial charge in [-0.15, -0.1) is 0 Å². The number of hydrogen-bond donors (Lipinski definition) is 0. The Morgan fingerprint density at radius 2 is 1.57 bits per heavy atom. The minimum absolute atomic E-state index is 0.252. The van der Waals surface area contributed by atoms with Crippen LogP contribution in [0.15, 0.2) is 34.9 Å². The number of ether oxygens (including phenoxy) is 1. The first-order chi connectivity index (χ1) is 9.86. The molecule has 0 N–H and O–H groups in total. The molecule has 2 heteroatoms. The molecule has 0 fully saturated rings. The summed E-state index contributed by atoms with van der Waals surface area (Å²) in [4.78, 5) is 11.4. The van der Waals surface area contributed by atoms with Crippen molar-refractivity contribution in [2.75, 3.05) is 6.61 Å². The van der Waals surface area contributed by atoms with Crippen LogP contribution in [0.1, 0.15) is 67.2 Å². The predicted molar refractivity (Wildman–Crippen MR) is 91.2 cm³/mol. The topological polar surface area (TPSA) is 26.3 Å². The molecule has 1 atom stereocenters. The fraction of sp³-hybridized carbons (Fsp3) is 0.632. The molecule has 0 amide bonds. The van der Waals surface area contributed by atoms with Gasteiger partial charge in [0.15, 0.2) is 0 Å². The minimum atomic E-state index is -0.252. The Balaban J connectivity index is 4.17. The minimum Gasteiger partial charge on any atom is -0.463 e. The molecule has 1 unspecified atom stereocenters. The van der Waals surface area contributed by atoms with Gasteiger partial charge in [-0.1, -0.05) is 30.2 Å². The molecular formula is C19H32O2. The second kappa shape index (κ2) is 11.4. The van der Waals surface area contributed by atoms with Gasteiger partial charge in [0.2, 0.25) is 0 Å². The van der Waals surface area contributed by atoms with Gasteiger partial charge in [-0.3, -0.25) is 0 Å². The lowest BCUT2D eigenvalue weighted by atomic mass is 9.97. The van der Waals surface area contributed by atoms with E-state index in [-0.39, 0.29) is 5.97 Å². The van der Waals surface area contributed by atoms with Crippen molar-refractivity contribution >= 4 is 5.97 Å². The van der Waals surface area contributed by atoms with Crippen LogP contribution in [0.25, 0.3) is 0 Å². The zero-order valence-corrected chi connectivity index (χ0v) is 14.7. The number of esters is 1. The van der Waals surface area contributed by atoms with Gasteiger partial charge >= 0.3 is 5.97 Å². The Morgan fingerprint density at radius 3 is 2.10 bits per heavy atom. The van der Waals surface area contributed by atoms with E-state index in [1.165, 1.54) is 30.4 Å². The third-order valence-electron chi connectivity index (χ3n) is 3.57. The number of allylic oxidation sites excluding steroid dienone is 5. The lowest BCUT2D eigenvalue weighted by Gasteiger charge is -2.09. The van der Waals surface area contributed by atoms with E-state index in [2.05, 4.69) is 39.8 Å². The van der Waals surface area contributed by atoms with E-state index in [0.29, 0.717) is 6.61 Å². The van der Waals surface area contributed by atoms with Crippen molar-refractivity contribution in [2.45, 2.75) is 67.2 Å². The molecular weight excluding hydrogens is 260 g/mol. The van der Waals surface area contributed by atoms with E-state index < -0.39 is 0 Å². The summed E-state index contributed by atoms with van der Waals surface area (Å²) in [6.45, 7) is 12.9. The maximum Gasteiger partial charge on any atom is 0.331 e. The smallest absolute Gasteiger partial charge is 0.331 e. The molecule has 0 saturated heterocycles. The molecule has 0 spiro atoms. The third-order valence-corrected chi connectivity index (χ3v) is 3.57. The Labute approximate surface area is 131 Å². The maximum atomic E-state index is 11.4. The largest absolute Gasteiger partial charge is 0.463 e. The fourth-order valence-electron chi connectivity index (χ4n) is 2.02. The third kappa shape index (κ3) is 11.1. The highest BCUT2D eigenvalue weighted by atomic mass is 16.5. The van der Waals surface area contributed by atoms with Gasteiger partial charge in [-0.05, 0) is 71.8 Å². The summed E-state index contributed by atoms with van der Waals surface area (Å²) < 4.78 is 4.92. The van der Waals surface area contributed by atoms with Crippen molar-refractivity contribution in [1.29, 1.82) is 0 Å². The average molecular weight is 292 g/mol. The number of hydrogen-bond acceptors (Lipinski definition) is 2. The molecule has 0 aliphatic heterocycles. The van der Waals surface area contributed by atoms with Gasteiger partial charge in [0, 0.05) is 6.08 Å². The Bertz CT molecular complexity index is 396. The summed E-state index contributed by atoms with van der Waals surface area (Å²) in [5.74, 6) is 0.483. The van der Waals surface area contributed by atoms with Gasteiger partial charge < -0.3 is 4.74 Å². The van der Waals surface area contributed by atoms with Crippen molar-refractivity contribution in [3.8, 4) is 0 Å².